The van der Waals surface area contributed by atoms with E-state index < -0.39 is 66.2 Å². The van der Waals surface area contributed by atoms with Gasteiger partial charge < -0.3 is 41.5 Å². The van der Waals surface area contributed by atoms with Gasteiger partial charge in [-0.15, -0.1) is 0 Å². The van der Waals surface area contributed by atoms with Crippen LogP contribution in [0, 0.1) is 0 Å². The van der Waals surface area contributed by atoms with E-state index in [2.05, 4.69) is 21.3 Å². The molecule has 0 spiro atoms. The van der Waals surface area contributed by atoms with Crippen molar-refractivity contribution in [1.82, 2.24) is 21.3 Å². The minimum absolute atomic E-state index is 0.0412. The van der Waals surface area contributed by atoms with Crippen LogP contribution in [0.4, 0.5) is 8.78 Å². The van der Waals surface area contributed by atoms with E-state index in [0.29, 0.717) is 34.7 Å². The zero-order valence-electron chi connectivity index (χ0n) is 34.4. The number of carbonyl (C=O) groups is 5. The molecule has 8 N–H and O–H groups in total. The fourth-order valence-corrected chi connectivity index (χ4v) is 6.80. The van der Waals surface area contributed by atoms with Crippen molar-refractivity contribution in [3.05, 3.63) is 136 Å². The lowest BCUT2D eigenvalue weighted by atomic mass is 10.00. The summed E-state index contributed by atoms with van der Waals surface area (Å²) in [5.74, 6) is -3.23. The third-order valence-corrected chi connectivity index (χ3v) is 11.1. The van der Waals surface area contributed by atoms with Crippen LogP contribution in [0.5, 0.6) is 5.75 Å². The molecular weight excluding hydrogens is 847 g/mol. The predicted octanol–water partition coefficient (Wildman–Crippen LogP) is 5.31. The maximum absolute atomic E-state index is 14.5. The molecule has 0 saturated heterocycles. The zero-order chi connectivity index (χ0) is 45.7. The first-order chi connectivity index (χ1) is 29.2. The van der Waals surface area contributed by atoms with Crippen LogP contribution in [0.25, 0.3) is 0 Å². The standard InChI is InChI=1S/C44H51ClF2N5O9P/c1-4-28-13-17-31(18-14-28)39(54)49-25-9-8-12-35(38(48)53)50-40(55)36(27-30-15-19-32(20-16-30)44(46,47)62(58,59)60)51-41(56)37(26-29-10-6-5-7-11-29)52-42(57)43(2,3)61-34-23-21-33(45)22-24-34/h5-7,10-11,13-24,35-37H,4,8-9,12,25-27H2,1-3H3,(H2,48,53)(H,49,54)(H,50,55)(H,51,56)(H,52,57)(H2,58,59,60). The Morgan fingerprint density at radius 3 is 1.82 bits per heavy atom. The molecule has 4 aromatic carbocycles. The van der Waals surface area contributed by atoms with Crippen LogP contribution < -0.4 is 31.7 Å². The first kappa shape index (κ1) is 49.0. The number of hydrogen-bond acceptors (Lipinski definition) is 7. The summed E-state index contributed by atoms with van der Waals surface area (Å²) in [6.45, 7) is 5.26. The van der Waals surface area contributed by atoms with Crippen LogP contribution in [0.3, 0.4) is 0 Å². The summed E-state index contributed by atoms with van der Waals surface area (Å²) in [6, 6.07) is 22.0. The number of amides is 5. The first-order valence-corrected chi connectivity index (χ1v) is 21.8. The van der Waals surface area contributed by atoms with Gasteiger partial charge in [0.15, 0.2) is 5.60 Å². The SMILES string of the molecule is CCc1ccc(C(=O)NCCCCC(NC(=O)C(Cc2ccc(C(F)(F)P(=O)(O)O)cc2)NC(=O)C(Cc2ccccc2)NC(=O)C(C)(C)Oc2ccc(Cl)cc2)C(N)=O)cc1. The third kappa shape index (κ3) is 14.2. The first-order valence-electron chi connectivity index (χ1n) is 19.8. The molecule has 18 heteroatoms. The Labute approximate surface area is 363 Å². The van der Waals surface area contributed by atoms with Crippen molar-refractivity contribution in [3.63, 3.8) is 0 Å². The number of benzene rings is 4. The lowest BCUT2D eigenvalue weighted by Crippen LogP contribution is -2.59. The number of rotatable bonds is 22. The van der Waals surface area contributed by atoms with Crippen molar-refractivity contribution in [2.24, 2.45) is 5.73 Å². The molecule has 0 heterocycles. The zero-order valence-corrected chi connectivity index (χ0v) is 36.1. The van der Waals surface area contributed by atoms with E-state index in [1.165, 1.54) is 13.8 Å². The van der Waals surface area contributed by atoms with E-state index in [-0.39, 0.29) is 37.3 Å². The summed E-state index contributed by atoms with van der Waals surface area (Å²) in [5.41, 5.74) is 1.09. The van der Waals surface area contributed by atoms with Crippen molar-refractivity contribution in [1.29, 1.82) is 0 Å². The average Bonchev–Trinajstić information content (AvgIpc) is 3.23. The van der Waals surface area contributed by atoms with Gasteiger partial charge in [-0.05, 0) is 92.6 Å². The van der Waals surface area contributed by atoms with Crippen LogP contribution in [0.15, 0.2) is 103 Å². The second-order valence-electron chi connectivity index (χ2n) is 15.1. The number of primary amides is 1. The number of aryl methyl sites for hydroxylation is 1. The molecule has 0 fully saturated rings. The summed E-state index contributed by atoms with van der Waals surface area (Å²) in [7, 11) is -5.88. The Hall–Kier alpha value is -5.67. The monoisotopic (exact) mass is 897 g/mol. The second-order valence-corrected chi connectivity index (χ2v) is 17.2. The molecule has 0 aliphatic rings. The van der Waals surface area contributed by atoms with Crippen LogP contribution in [-0.2, 0) is 48.7 Å². The molecular formula is C44H51ClF2N5O9P. The number of halogens is 3. The molecule has 0 aliphatic carbocycles. The number of alkyl halides is 2. The van der Waals surface area contributed by atoms with Crippen LogP contribution in [0.2, 0.25) is 5.02 Å². The lowest BCUT2D eigenvalue weighted by molar-refractivity contribution is -0.138. The van der Waals surface area contributed by atoms with E-state index in [1.54, 1.807) is 66.7 Å². The van der Waals surface area contributed by atoms with E-state index >= 15 is 0 Å². The predicted molar refractivity (Wildman–Crippen MR) is 229 cm³/mol. The highest BCUT2D eigenvalue weighted by Crippen LogP contribution is 2.59. The van der Waals surface area contributed by atoms with E-state index in [0.717, 1.165) is 36.2 Å². The number of unbranched alkanes of at least 4 members (excludes halogenated alkanes) is 1. The molecule has 62 heavy (non-hydrogen) atoms. The van der Waals surface area contributed by atoms with E-state index in [9.17, 15) is 47.1 Å². The van der Waals surface area contributed by atoms with Crippen molar-refractivity contribution in [2.75, 3.05) is 6.54 Å². The Balaban J connectivity index is 1.54. The highest BCUT2D eigenvalue weighted by atomic mass is 35.5. The molecule has 5 amide bonds. The quantitative estimate of drug-likeness (QED) is 0.0400. The van der Waals surface area contributed by atoms with Crippen LogP contribution in [-0.4, -0.2) is 69.6 Å². The fourth-order valence-electron chi connectivity index (χ4n) is 6.19. The molecule has 332 valence electrons. The second kappa shape index (κ2) is 21.9. The molecule has 4 rings (SSSR count). The van der Waals surface area contributed by atoms with Gasteiger partial charge in [0, 0.05) is 35.5 Å². The summed E-state index contributed by atoms with van der Waals surface area (Å²) in [6.07, 6.45) is 1.26. The van der Waals surface area contributed by atoms with Gasteiger partial charge in [0.1, 0.15) is 23.9 Å². The van der Waals surface area contributed by atoms with Gasteiger partial charge in [-0.3, -0.25) is 28.5 Å². The Bertz CT molecular complexity index is 2210. The molecule has 14 nitrogen and oxygen atoms in total. The number of hydrogen-bond donors (Lipinski definition) is 7. The minimum Gasteiger partial charge on any atom is -0.478 e. The smallest absolute Gasteiger partial charge is 0.399 e. The summed E-state index contributed by atoms with van der Waals surface area (Å²) in [4.78, 5) is 85.5. The molecule has 0 aliphatic heterocycles. The molecule has 0 aromatic heterocycles. The Morgan fingerprint density at radius 2 is 1.27 bits per heavy atom. The van der Waals surface area contributed by atoms with Crippen LogP contribution in [0.1, 0.15) is 72.6 Å². The molecule has 4 aromatic rings. The number of carbonyl (C=O) groups excluding carboxylic acids is 5. The van der Waals surface area contributed by atoms with Gasteiger partial charge in [0.2, 0.25) is 17.7 Å². The van der Waals surface area contributed by atoms with Crippen molar-refractivity contribution < 1.29 is 51.8 Å². The van der Waals surface area contributed by atoms with Gasteiger partial charge in [0.05, 0.1) is 0 Å². The number of nitrogens with two attached hydrogens (primary N) is 1. The van der Waals surface area contributed by atoms with Gasteiger partial charge >= 0.3 is 13.3 Å². The lowest BCUT2D eigenvalue weighted by Gasteiger charge is -2.29. The van der Waals surface area contributed by atoms with Gasteiger partial charge in [-0.2, -0.15) is 8.78 Å². The molecule has 0 saturated carbocycles. The summed E-state index contributed by atoms with van der Waals surface area (Å²) >= 11 is 5.99. The van der Waals surface area contributed by atoms with Crippen molar-refractivity contribution in [2.45, 2.75) is 88.7 Å². The highest BCUT2D eigenvalue weighted by molar-refractivity contribution is 7.52. The van der Waals surface area contributed by atoms with Crippen molar-refractivity contribution in [3.8, 4) is 5.75 Å². The summed E-state index contributed by atoms with van der Waals surface area (Å²) in [5, 5.41) is 11.2. The van der Waals surface area contributed by atoms with Crippen LogP contribution >= 0.6 is 19.2 Å². The molecule has 3 unspecified atom stereocenters. The minimum atomic E-state index is -5.88. The Kier molecular flexibility index (Phi) is 17.3. The third-order valence-electron chi connectivity index (χ3n) is 9.87. The Morgan fingerprint density at radius 1 is 0.742 bits per heavy atom. The average molecular weight is 898 g/mol. The maximum atomic E-state index is 14.5. The van der Waals surface area contributed by atoms with Gasteiger partial charge in [0.25, 0.3) is 11.8 Å². The normalized spacial score (nSPS) is 13.2. The number of ether oxygens (including phenoxy) is 1. The van der Waals surface area contributed by atoms with Gasteiger partial charge in [-0.25, -0.2) is 0 Å². The fraction of sp³-hybridized carbons (Fsp3) is 0.341. The van der Waals surface area contributed by atoms with Crippen molar-refractivity contribution >= 4 is 48.7 Å². The van der Waals surface area contributed by atoms with E-state index in [1.807, 2.05) is 19.1 Å². The van der Waals surface area contributed by atoms with E-state index in [4.69, 9.17) is 22.1 Å². The number of nitrogens with one attached hydrogen (secondary N) is 4. The topological polar surface area (TPSA) is 226 Å². The molecule has 0 bridgehead atoms. The highest BCUT2D eigenvalue weighted by Gasteiger charge is 2.50. The summed E-state index contributed by atoms with van der Waals surface area (Å²) < 4.78 is 46.3. The molecule has 0 radical (unpaired) electrons. The maximum Gasteiger partial charge on any atom is 0.399 e. The van der Waals surface area contributed by atoms with Gasteiger partial charge in [-0.1, -0.05) is 85.3 Å². The largest absolute Gasteiger partial charge is 0.478 e. The molecule has 3 atom stereocenters.